The molecule has 3 unspecified atom stereocenters. The molecule has 0 aromatic heterocycles. The summed E-state index contributed by atoms with van der Waals surface area (Å²) in [4.78, 5) is 0. The van der Waals surface area contributed by atoms with Crippen molar-refractivity contribution in [2.75, 3.05) is 13.2 Å². The van der Waals surface area contributed by atoms with E-state index in [4.69, 9.17) is 15.2 Å². The van der Waals surface area contributed by atoms with Crippen LogP contribution in [0.4, 0.5) is 0 Å². The van der Waals surface area contributed by atoms with Crippen molar-refractivity contribution >= 4 is 0 Å². The van der Waals surface area contributed by atoms with Gasteiger partial charge in [-0.05, 0) is 19.3 Å². The fourth-order valence-electron chi connectivity index (χ4n) is 2.43. The van der Waals surface area contributed by atoms with Gasteiger partial charge in [-0.25, -0.2) is 0 Å². The molecular formula is C12H23NO3. The van der Waals surface area contributed by atoms with E-state index in [0.29, 0.717) is 12.3 Å². The van der Waals surface area contributed by atoms with Crippen LogP contribution in [0.15, 0.2) is 0 Å². The summed E-state index contributed by atoms with van der Waals surface area (Å²) in [5.74, 6) is 0.297. The van der Waals surface area contributed by atoms with E-state index in [1.807, 2.05) is 0 Å². The SMILES string of the molecule is CC1(C)COC(C2CCC(N)C(O)C2)OC1. The summed E-state index contributed by atoms with van der Waals surface area (Å²) in [6.45, 7) is 5.73. The van der Waals surface area contributed by atoms with Gasteiger partial charge in [-0.2, -0.15) is 0 Å². The number of hydrogen-bond acceptors (Lipinski definition) is 4. The average molecular weight is 229 g/mol. The van der Waals surface area contributed by atoms with E-state index in [2.05, 4.69) is 13.8 Å². The third-order valence-corrected chi connectivity index (χ3v) is 3.57. The highest BCUT2D eigenvalue weighted by molar-refractivity contribution is 4.85. The van der Waals surface area contributed by atoms with Crippen molar-refractivity contribution in [3.63, 3.8) is 0 Å². The summed E-state index contributed by atoms with van der Waals surface area (Å²) in [5.41, 5.74) is 5.89. The third kappa shape index (κ3) is 2.74. The molecular weight excluding hydrogens is 206 g/mol. The topological polar surface area (TPSA) is 64.7 Å². The zero-order chi connectivity index (χ0) is 11.8. The van der Waals surface area contributed by atoms with Gasteiger partial charge in [0, 0.05) is 17.4 Å². The molecule has 1 aliphatic heterocycles. The lowest BCUT2D eigenvalue weighted by Crippen LogP contribution is -2.47. The smallest absolute Gasteiger partial charge is 0.160 e. The summed E-state index contributed by atoms with van der Waals surface area (Å²) in [5, 5.41) is 9.75. The molecule has 1 heterocycles. The van der Waals surface area contributed by atoms with Crippen LogP contribution in [0.5, 0.6) is 0 Å². The van der Waals surface area contributed by atoms with Crippen molar-refractivity contribution in [1.82, 2.24) is 0 Å². The molecule has 94 valence electrons. The molecule has 1 saturated heterocycles. The van der Waals surface area contributed by atoms with Crippen molar-refractivity contribution in [1.29, 1.82) is 0 Å². The highest BCUT2D eigenvalue weighted by atomic mass is 16.7. The second kappa shape index (κ2) is 4.61. The summed E-state index contributed by atoms with van der Waals surface area (Å²) in [6, 6.07) is -0.0729. The van der Waals surface area contributed by atoms with Crippen LogP contribution in [0.3, 0.4) is 0 Å². The van der Waals surface area contributed by atoms with Crippen LogP contribution >= 0.6 is 0 Å². The van der Waals surface area contributed by atoms with Crippen LogP contribution in [0.2, 0.25) is 0 Å². The second-order valence-corrected chi connectivity index (χ2v) is 5.96. The van der Waals surface area contributed by atoms with Gasteiger partial charge in [0.15, 0.2) is 6.29 Å². The van der Waals surface area contributed by atoms with Crippen molar-refractivity contribution < 1.29 is 14.6 Å². The van der Waals surface area contributed by atoms with Crippen LogP contribution in [0, 0.1) is 11.3 Å². The fourth-order valence-corrected chi connectivity index (χ4v) is 2.43. The summed E-state index contributed by atoms with van der Waals surface area (Å²) in [7, 11) is 0. The Morgan fingerprint density at radius 1 is 1.19 bits per heavy atom. The van der Waals surface area contributed by atoms with Gasteiger partial charge < -0.3 is 20.3 Å². The first kappa shape index (κ1) is 12.3. The lowest BCUT2D eigenvalue weighted by Gasteiger charge is -2.41. The van der Waals surface area contributed by atoms with Gasteiger partial charge in [0.1, 0.15) is 0 Å². The molecule has 2 rings (SSSR count). The van der Waals surface area contributed by atoms with Gasteiger partial charge in [-0.15, -0.1) is 0 Å². The number of aliphatic hydroxyl groups is 1. The van der Waals surface area contributed by atoms with Crippen LogP contribution in [0.1, 0.15) is 33.1 Å². The predicted octanol–water partition coefficient (Wildman–Crippen LogP) is 0.874. The first-order chi connectivity index (χ1) is 7.48. The Morgan fingerprint density at radius 3 is 2.38 bits per heavy atom. The maximum Gasteiger partial charge on any atom is 0.160 e. The highest BCUT2D eigenvalue weighted by Crippen LogP contribution is 2.33. The average Bonchev–Trinajstić information content (AvgIpc) is 2.22. The van der Waals surface area contributed by atoms with Gasteiger partial charge in [0.2, 0.25) is 0 Å². The summed E-state index contributed by atoms with van der Waals surface area (Å²) < 4.78 is 11.5. The Hall–Kier alpha value is -0.160. The first-order valence-corrected chi connectivity index (χ1v) is 6.15. The zero-order valence-electron chi connectivity index (χ0n) is 10.2. The number of ether oxygens (including phenoxy) is 2. The van der Waals surface area contributed by atoms with E-state index in [-0.39, 0.29) is 17.7 Å². The Labute approximate surface area is 97.1 Å². The summed E-state index contributed by atoms with van der Waals surface area (Å²) >= 11 is 0. The largest absolute Gasteiger partial charge is 0.392 e. The summed E-state index contributed by atoms with van der Waals surface area (Å²) in [6.07, 6.45) is 2.00. The Morgan fingerprint density at radius 2 is 1.81 bits per heavy atom. The molecule has 0 amide bonds. The van der Waals surface area contributed by atoms with E-state index in [0.717, 1.165) is 26.1 Å². The molecule has 0 aromatic rings. The van der Waals surface area contributed by atoms with Crippen molar-refractivity contribution in [3.8, 4) is 0 Å². The lowest BCUT2D eigenvalue weighted by molar-refractivity contribution is -0.250. The normalized spacial score (nSPS) is 40.9. The highest BCUT2D eigenvalue weighted by Gasteiger charge is 2.37. The Kier molecular flexibility index (Phi) is 3.54. The molecule has 2 fully saturated rings. The molecule has 4 heteroatoms. The molecule has 1 aliphatic carbocycles. The van der Waals surface area contributed by atoms with Gasteiger partial charge in [-0.3, -0.25) is 0 Å². The molecule has 3 N–H and O–H groups in total. The van der Waals surface area contributed by atoms with E-state index in [9.17, 15) is 5.11 Å². The molecule has 0 bridgehead atoms. The zero-order valence-corrected chi connectivity index (χ0v) is 10.2. The van der Waals surface area contributed by atoms with Gasteiger partial charge in [0.05, 0.1) is 19.3 Å². The molecule has 0 radical (unpaired) electrons. The number of hydrogen-bond donors (Lipinski definition) is 2. The molecule has 0 aromatic carbocycles. The number of rotatable bonds is 1. The molecule has 3 atom stereocenters. The predicted molar refractivity (Wildman–Crippen MR) is 60.8 cm³/mol. The standard InChI is InChI=1S/C12H23NO3/c1-12(2)6-15-11(16-7-12)8-3-4-9(13)10(14)5-8/h8-11,14H,3-7,13H2,1-2H3. The van der Waals surface area contributed by atoms with Crippen molar-refractivity contribution in [2.45, 2.75) is 51.5 Å². The van der Waals surface area contributed by atoms with Crippen LogP contribution in [-0.4, -0.2) is 36.8 Å². The van der Waals surface area contributed by atoms with Crippen LogP contribution in [-0.2, 0) is 9.47 Å². The van der Waals surface area contributed by atoms with E-state index in [1.165, 1.54) is 0 Å². The monoisotopic (exact) mass is 229 g/mol. The van der Waals surface area contributed by atoms with E-state index >= 15 is 0 Å². The van der Waals surface area contributed by atoms with Crippen LogP contribution in [0.25, 0.3) is 0 Å². The molecule has 2 aliphatic rings. The Balaban J connectivity index is 1.85. The molecule has 16 heavy (non-hydrogen) atoms. The van der Waals surface area contributed by atoms with E-state index in [1.54, 1.807) is 0 Å². The van der Waals surface area contributed by atoms with Gasteiger partial charge in [-0.1, -0.05) is 13.8 Å². The molecule has 4 nitrogen and oxygen atoms in total. The lowest BCUT2D eigenvalue weighted by atomic mass is 9.83. The maximum absolute atomic E-state index is 9.75. The van der Waals surface area contributed by atoms with Crippen molar-refractivity contribution in [2.24, 2.45) is 17.1 Å². The van der Waals surface area contributed by atoms with Crippen LogP contribution < -0.4 is 5.73 Å². The van der Waals surface area contributed by atoms with Gasteiger partial charge >= 0.3 is 0 Å². The third-order valence-electron chi connectivity index (χ3n) is 3.57. The maximum atomic E-state index is 9.75. The minimum absolute atomic E-state index is 0.0729. The quantitative estimate of drug-likeness (QED) is 0.700. The first-order valence-electron chi connectivity index (χ1n) is 6.15. The number of nitrogens with two attached hydrogens (primary N) is 1. The fraction of sp³-hybridized carbons (Fsp3) is 1.00. The van der Waals surface area contributed by atoms with E-state index < -0.39 is 6.10 Å². The molecule has 0 spiro atoms. The van der Waals surface area contributed by atoms with Gasteiger partial charge in [0.25, 0.3) is 0 Å². The minimum Gasteiger partial charge on any atom is -0.392 e. The second-order valence-electron chi connectivity index (χ2n) is 5.96. The number of aliphatic hydroxyl groups excluding tert-OH is 1. The molecule has 1 saturated carbocycles. The van der Waals surface area contributed by atoms with Crippen molar-refractivity contribution in [3.05, 3.63) is 0 Å². The Bertz CT molecular complexity index is 234. The minimum atomic E-state index is -0.402.